The Bertz CT molecular complexity index is 581. The number of aromatic nitrogens is 2. The number of piperidine rings is 1. The fourth-order valence-electron chi connectivity index (χ4n) is 3.14. The number of rotatable bonds is 4. The largest absolute Gasteiger partial charge is 0.399 e. The Morgan fingerprint density at radius 2 is 1.95 bits per heavy atom. The summed E-state index contributed by atoms with van der Waals surface area (Å²) in [5.41, 5.74) is 8.89. The van der Waals surface area contributed by atoms with Gasteiger partial charge in [0.2, 0.25) is 0 Å². The highest BCUT2D eigenvalue weighted by molar-refractivity contribution is 5.79. The van der Waals surface area contributed by atoms with E-state index < -0.39 is 0 Å². The van der Waals surface area contributed by atoms with Gasteiger partial charge >= 0.3 is 0 Å². The van der Waals surface area contributed by atoms with E-state index in [1.807, 2.05) is 12.1 Å². The molecule has 1 aliphatic heterocycles. The number of hydrogen-bond donors (Lipinski definition) is 1. The molecule has 4 heteroatoms. The van der Waals surface area contributed by atoms with E-state index in [0.29, 0.717) is 0 Å². The van der Waals surface area contributed by atoms with Crippen LogP contribution in [0.25, 0.3) is 11.0 Å². The molecule has 1 saturated heterocycles. The van der Waals surface area contributed by atoms with E-state index in [-0.39, 0.29) is 0 Å². The van der Waals surface area contributed by atoms with Crippen LogP contribution in [0.1, 0.15) is 32.0 Å². The first-order valence-corrected chi connectivity index (χ1v) is 7.75. The molecule has 2 heterocycles. The van der Waals surface area contributed by atoms with Crippen molar-refractivity contribution in [1.29, 1.82) is 0 Å². The van der Waals surface area contributed by atoms with Crippen molar-refractivity contribution < 1.29 is 0 Å². The molecule has 1 aromatic carbocycles. The van der Waals surface area contributed by atoms with Crippen molar-refractivity contribution in [3.8, 4) is 0 Å². The number of aryl methyl sites for hydroxylation is 1. The maximum Gasteiger partial charge on any atom is 0.109 e. The minimum Gasteiger partial charge on any atom is -0.399 e. The number of nitrogens with zero attached hydrogens (tertiary/aromatic N) is 3. The van der Waals surface area contributed by atoms with Crippen LogP contribution in [0.5, 0.6) is 0 Å². The van der Waals surface area contributed by atoms with E-state index in [0.717, 1.165) is 30.7 Å². The second kappa shape index (κ2) is 5.83. The second-order valence-electron chi connectivity index (χ2n) is 5.68. The molecule has 108 valence electrons. The lowest BCUT2D eigenvalue weighted by Gasteiger charge is -2.26. The molecule has 1 fully saturated rings. The summed E-state index contributed by atoms with van der Waals surface area (Å²) in [5.74, 6) is 1.17. The smallest absolute Gasteiger partial charge is 0.109 e. The number of nitrogens with two attached hydrogens (primary N) is 1. The summed E-state index contributed by atoms with van der Waals surface area (Å²) < 4.78 is 2.36. The van der Waals surface area contributed by atoms with Crippen molar-refractivity contribution in [2.45, 2.75) is 39.2 Å². The molecule has 0 atom stereocenters. The lowest BCUT2D eigenvalue weighted by Crippen LogP contribution is -2.32. The van der Waals surface area contributed by atoms with Crippen LogP contribution >= 0.6 is 0 Å². The summed E-state index contributed by atoms with van der Waals surface area (Å²) in [7, 11) is 0. The van der Waals surface area contributed by atoms with Gasteiger partial charge in [0.1, 0.15) is 5.82 Å². The molecule has 3 rings (SSSR count). The summed E-state index contributed by atoms with van der Waals surface area (Å²) in [5, 5.41) is 0. The van der Waals surface area contributed by atoms with E-state index in [9.17, 15) is 0 Å². The number of nitrogen functional groups attached to an aromatic ring is 1. The Labute approximate surface area is 120 Å². The van der Waals surface area contributed by atoms with E-state index in [1.165, 1.54) is 43.7 Å². The Morgan fingerprint density at radius 3 is 2.70 bits per heavy atom. The molecule has 0 aliphatic carbocycles. The SMILES string of the molecule is CCc1nc2cc(N)ccc2n1CCN1CCCCC1. The van der Waals surface area contributed by atoms with Gasteiger partial charge in [-0.1, -0.05) is 13.3 Å². The molecule has 0 radical (unpaired) electrons. The fraction of sp³-hybridized carbons (Fsp3) is 0.562. The zero-order chi connectivity index (χ0) is 13.9. The van der Waals surface area contributed by atoms with Crippen LogP contribution in [0, 0.1) is 0 Å². The molecule has 0 spiro atoms. The molecule has 1 aromatic heterocycles. The average molecular weight is 272 g/mol. The Morgan fingerprint density at radius 1 is 1.15 bits per heavy atom. The van der Waals surface area contributed by atoms with Gasteiger partial charge < -0.3 is 15.2 Å². The number of likely N-dealkylation sites (tertiary alicyclic amines) is 1. The van der Waals surface area contributed by atoms with Gasteiger partial charge in [-0.15, -0.1) is 0 Å². The molecule has 0 bridgehead atoms. The van der Waals surface area contributed by atoms with Crippen LogP contribution in [0.15, 0.2) is 18.2 Å². The van der Waals surface area contributed by atoms with Crippen LogP contribution in [0.4, 0.5) is 5.69 Å². The van der Waals surface area contributed by atoms with Gasteiger partial charge in [0, 0.05) is 25.2 Å². The maximum atomic E-state index is 5.86. The quantitative estimate of drug-likeness (QED) is 0.870. The van der Waals surface area contributed by atoms with Gasteiger partial charge in [0.15, 0.2) is 0 Å². The summed E-state index contributed by atoms with van der Waals surface area (Å²) in [6.45, 7) is 6.83. The Balaban J connectivity index is 1.81. The van der Waals surface area contributed by atoms with Gasteiger partial charge in [0.25, 0.3) is 0 Å². The van der Waals surface area contributed by atoms with E-state index >= 15 is 0 Å². The first-order valence-electron chi connectivity index (χ1n) is 7.75. The third kappa shape index (κ3) is 2.66. The van der Waals surface area contributed by atoms with Gasteiger partial charge in [-0.3, -0.25) is 0 Å². The van der Waals surface area contributed by atoms with Crippen LogP contribution in [-0.2, 0) is 13.0 Å². The Hall–Kier alpha value is -1.55. The molecule has 0 unspecified atom stereocenters. The van der Waals surface area contributed by atoms with Crippen LogP contribution in [0.3, 0.4) is 0 Å². The summed E-state index contributed by atoms with van der Waals surface area (Å²) >= 11 is 0. The molecule has 20 heavy (non-hydrogen) atoms. The van der Waals surface area contributed by atoms with Crippen molar-refractivity contribution in [2.24, 2.45) is 0 Å². The van der Waals surface area contributed by atoms with Crippen LogP contribution in [0.2, 0.25) is 0 Å². The predicted octanol–water partition coefficient (Wildman–Crippen LogP) is 2.67. The highest BCUT2D eigenvalue weighted by Gasteiger charge is 2.13. The van der Waals surface area contributed by atoms with Crippen molar-refractivity contribution in [3.05, 3.63) is 24.0 Å². The number of anilines is 1. The molecule has 4 nitrogen and oxygen atoms in total. The zero-order valence-corrected chi connectivity index (χ0v) is 12.3. The molecule has 0 saturated carbocycles. The minimum absolute atomic E-state index is 0.792. The third-order valence-electron chi connectivity index (χ3n) is 4.26. The summed E-state index contributed by atoms with van der Waals surface area (Å²) in [6, 6.07) is 6.06. The first-order chi connectivity index (χ1) is 9.78. The highest BCUT2D eigenvalue weighted by Crippen LogP contribution is 2.20. The number of benzene rings is 1. The maximum absolute atomic E-state index is 5.86. The standard InChI is InChI=1S/C16H24N4/c1-2-16-18-14-12-13(17)6-7-15(14)20(16)11-10-19-8-4-3-5-9-19/h6-7,12H,2-5,8-11,17H2,1H3. The molecular weight excluding hydrogens is 248 g/mol. The second-order valence-corrected chi connectivity index (χ2v) is 5.68. The van der Waals surface area contributed by atoms with Gasteiger partial charge in [-0.25, -0.2) is 4.98 Å². The van der Waals surface area contributed by atoms with Gasteiger partial charge in [-0.05, 0) is 44.1 Å². The first kappa shape index (κ1) is 13.4. The zero-order valence-electron chi connectivity index (χ0n) is 12.3. The number of imidazole rings is 1. The van der Waals surface area contributed by atoms with Crippen molar-refractivity contribution >= 4 is 16.7 Å². The van der Waals surface area contributed by atoms with Crippen molar-refractivity contribution in [2.75, 3.05) is 25.4 Å². The molecule has 2 aromatic rings. The Kier molecular flexibility index (Phi) is 3.92. The highest BCUT2D eigenvalue weighted by atomic mass is 15.2. The molecule has 2 N–H and O–H groups in total. The van der Waals surface area contributed by atoms with Gasteiger partial charge in [-0.2, -0.15) is 0 Å². The molecule has 1 aliphatic rings. The third-order valence-corrected chi connectivity index (χ3v) is 4.26. The lowest BCUT2D eigenvalue weighted by molar-refractivity contribution is 0.221. The van der Waals surface area contributed by atoms with E-state index in [2.05, 4.69) is 22.5 Å². The van der Waals surface area contributed by atoms with Crippen molar-refractivity contribution in [1.82, 2.24) is 14.5 Å². The molecular formula is C16H24N4. The summed E-state index contributed by atoms with van der Waals surface area (Å²) in [4.78, 5) is 7.30. The normalized spacial score (nSPS) is 16.9. The van der Waals surface area contributed by atoms with Crippen molar-refractivity contribution in [3.63, 3.8) is 0 Å². The monoisotopic (exact) mass is 272 g/mol. The molecule has 0 amide bonds. The number of hydrogen-bond acceptors (Lipinski definition) is 3. The average Bonchev–Trinajstić information content (AvgIpc) is 2.83. The fourth-order valence-corrected chi connectivity index (χ4v) is 3.14. The minimum atomic E-state index is 0.792. The van der Waals surface area contributed by atoms with Gasteiger partial charge in [0.05, 0.1) is 11.0 Å². The summed E-state index contributed by atoms with van der Waals surface area (Å²) in [6.07, 6.45) is 5.06. The topological polar surface area (TPSA) is 47.1 Å². The van der Waals surface area contributed by atoms with Crippen LogP contribution in [-0.4, -0.2) is 34.1 Å². The predicted molar refractivity (Wildman–Crippen MR) is 83.8 cm³/mol. The number of fused-ring (bicyclic) bond motifs is 1. The van der Waals surface area contributed by atoms with Crippen LogP contribution < -0.4 is 5.73 Å². The lowest BCUT2D eigenvalue weighted by atomic mass is 10.1. The van der Waals surface area contributed by atoms with E-state index in [4.69, 9.17) is 10.7 Å². The van der Waals surface area contributed by atoms with E-state index in [1.54, 1.807) is 0 Å².